The molecule has 0 saturated heterocycles. The first kappa shape index (κ1) is 14.1. The van der Waals surface area contributed by atoms with Crippen molar-refractivity contribution >= 4 is 10.6 Å². The minimum absolute atomic E-state index is 1.15. The minimum Gasteiger partial charge on any atom is -0.308 e. The van der Waals surface area contributed by atoms with Gasteiger partial charge in [-0.25, -0.2) is 0 Å². The van der Waals surface area contributed by atoms with E-state index in [4.69, 9.17) is 12.6 Å². The Balaban J connectivity index is 0. The van der Waals surface area contributed by atoms with Crippen LogP contribution in [0.2, 0.25) is 0 Å². The van der Waals surface area contributed by atoms with Crippen LogP contribution in [0.15, 0.2) is 0 Å². The van der Waals surface area contributed by atoms with Crippen LogP contribution in [0.3, 0.4) is 0 Å². The Labute approximate surface area is 75.0 Å². The van der Waals surface area contributed by atoms with E-state index in [1.54, 1.807) is 0 Å². The Bertz CT molecular complexity index is 169. The van der Waals surface area contributed by atoms with Gasteiger partial charge in [0.05, 0.1) is 0 Å². The van der Waals surface area contributed by atoms with Crippen LogP contribution < -0.4 is 0 Å². The summed E-state index contributed by atoms with van der Waals surface area (Å²) < 4.78 is 25.3. The number of likely N-dealkylation sites (N-methyl/N-ethyl adjacent to an activating group) is 2. The van der Waals surface area contributed by atoms with Gasteiger partial charge in [-0.15, -0.1) is 12.6 Å². The van der Waals surface area contributed by atoms with Crippen molar-refractivity contribution < 1.29 is 12.6 Å². The molecule has 12 heavy (non-hydrogen) atoms. The molecular weight excluding hydrogens is 180 g/mol. The third-order valence-electron chi connectivity index (χ3n) is 0.994. The monoisotopic (exact) mass is 196 g/mol. The molecule has 0 heterocycles. The molecule has 0 unspecified atom stereocenters. The summed E-state index contributed by atoms with van der Waals surface area (Å²) in [4.78, 5) is 4.36. The van der Waals surface area contributed by atoms with Crippen molar-refractivity contribution in [3.8, 4) is 0 Å². The van der Waals surface area contributed by atoms with Gasteiger partial charge in [-0.2, -0.15) is 0 Å². The number of hydrogen-bond acceptors (Lipinski definition) is 5. The normalized spacial score (nSPS) is 9.50. The highest BCUT2D eigenvalue weighted by molar-refractivity contribution is 7.59. The average molecular weight is 196 g/mol. The molecule has 0 rings (SSSR count). The number of rotatable bonds is 3. The van der Waals surface area contributed by atoms with Gasteiger partial charge in [-0.05, 0) is 28.2 Å². The van der Waals surface area contributed by atoms with Crippen molar-refractivity contribution in [2.24, 2.45) is 0 Å². The summed E-state index contributed by atoms with van der Waals surface area (Å²) in [6.45, 7) is 2.29. The van der Waals surface area contributed by atoms with Gasteiger partial charge in [0, 0.05) is 13.1 Å². The molecular formula is C6H16N2O3S. The van der Waals surface area contributed by atoms with Crippen LogP contribution in [-0.4, -0.2) is 63.7 Å². The van der Waals surface area contributed by atoms with Crippen LogP contribution in [0.4, 0.5) is 0 Å². The first-order valence-corrected chi connectivity index (χ1v) is 4.42. The maximum absolute atomic E-state index is 8.44. The summed E-state index contributed by atoms with van der Waals surface area (Å²) in [5.74, 6) is 0. The summed E-state index contributed by atoms with van der Waals surface area (Å²) >= 11 is 0. The van der Waals surface area contributed by atoms with E-state index < -0.39 is 10.6 Å². The van der Waals surface area contributed by atoms with Gasteiger partial charge in [0.1, 0.15) is 0 Å². The van der Waals surface area contributed by atoms with Crippen LogP contribution in [-0.2, 0) is 10.6 Å². The zero-order valence-electron chi connectivity index (χ0n) is 7.94. The molecule has 0 N–H and O–H groups in total. The molecule has 0 fully saturated rings. The van der Waals surface area contributed by atoms with E-state index in [2.05, 4.69) is 38.0 Å². The largest absolute Gasteiger partial charge is 0.425 e. The Kier molecular flexibility index (Phi) is 10.1. The standard InChI is InChI=1S/C6H16N2.O3S/c1-7(2)5-6-8(3)4;1-4(2)3/h5-6H2,1-4H3;. The third kappa shape index (κ3) is 33.8. The van der Waals surface area contributed by atoms with Gasteiger partial charge < -0.3 is 9.80 Å². The van der Waals surface area contributed by atoms with E-state index in [9.17, 15) is 0 Å². The number of nitrogens with zero attached hydrogens (tertiary/aromatic N) is 2. The van der Waals surface area contributed by atoms with Crippen molar-refractivity contribution in [1.29, 1.82) is 0 Å². The maximum atomic E-state index is 8.44. The van der Waals surface area contributed by atoms with Crippen LogP contribution in [0.25, 0.3) is 0 Å². The average Bonchev–Trinajstić information content (AvgIpc) is 1.82. The summed E-state index contributed by atoms with van der Waals surface area (Å²) in [6, 6.07) is 0. The molecule has 0 aliphatic carbocycles. The molecule has 0 bridgehead atoms. The molecule has 6 heteroatoms. The van der Waals surface area contributed by atoms with Gasteiger partial charge in [0.15, 0.2) is 0 Å². The molecule has 0 radical (unpaired) electrons. The molecule has 0 spiro atoms. The van der Waals surface area contributed by atoms with Crippen LogP contribution in [0, 0.1) is 0 Å². The molecule has 0 saturated carbocycles. The molecule has 0 aromatic heterocycles. The fourth-order valence-corrected chi connectivity index (χ4v) is 0.400. The summed E-state index contributed by atoms with van der Waals surface area (Å²) in [5, 5.41) is 0. The number of hydrogen-bond donors (Lipinski definition) is 0. The molecule has 0 aliphatic heterocycles. The summed E-state index contributed by atoms with van der Waals surface area (Å²) in [7, 11) is 5.24. The lowest BCUT2D eigenvalue weighted by Gasteiger charge is -2.13. The van der Waals surface area contributed by atoms with Crippen LogP contribution in [0.1, 0.15) is 0 Å². The predicted molar refractivity (Wildman–Crippen MR) is 46.8 cm³/mol. The molecule has 0 aromatic rings. The van der Waals surface area contributed by atoms with E-state index in [-0.39, 0.29) is 0 Å². The second-order valence-electron chi connectivity index (χ2n) is 2.81. The lowest BCUT2D eigenvalue weighted by atomic mass is 10.5. The second-order valence-corrected chi connectivity index (χ2v) is 3.22. The van der Waals surface area contributed by atoms with Gasteiger partial charge in [-0.1, -0.05) is 0 Å². The maximum Gasteiger partial charge on any atom is 0.425 e. The second kappa shape index (κ2) is 8.63. The molecule has 0 atom stereocenters. The molecule has 0 amide bonds. The first-order chi connectivity index (χ1) is 5.36. The third-order valence-corrected chi connectivity index (χ3v) is 0.994. The van der Waals surface area contributed by atoms with Crippen LogP contribution in [0.5, 0.6) is 0 Å². The quantitative estimate of drug-likeness (QED) is 0.586. The lowest BCUT2D eigenvalue weighted by Crippen LogP contribution is -2.25. The molecule has 0 aromatic carbocycles. The van der Waals surface area contributed by atoms with Gasteiger partial charge >= 0.3 is 10.6 Å². The molecule has 0 aliphatic rings. The van der Waals surface area contributed by atoms with E-state index in [1.807, 2.05) is 0 Å². The van der Waals surface area contributed by atoms with Crippen molar-refractivity contribution in [2.75, 3.05) is 41.3 Å². The van der Waals surface area contributed by atoms with E-state index in [1.165, 1.54) is 0 Å². The van der Waals surface area contributed by atoms with Gasteiger partial charge in [-0.3, -0.25) is 0 Å². The minimum atomic E-state index is -3.11. The lowest BCUT2D eigenvalue weighted by molar-refractivity contribution is 0.320. The van der Waals surface area contributed by atoms with Crippen LogP contribution >= 0.6 is 0 Å². The highest BCUT2D eigenvalue weighted by atomic mass is 32.2. The van der Waals surface area contributed by atoms with E-state index >= 15 is 0 Å². The Morgan fingerprint density at radius 1 is 0.833 bits per heavy atom. The van der Waals surface area contributed by atoms with Crippen molar-refractivity contribution in [3.63, 3.8) is 0 Å². The highest BCUT2D eigenvalue weighted by Crippen LogP contribution is 1.76. The van der Waals surface area contributed by atoms with E-state index in [0.717, 1.165) is 13.1 Å². The van der Waals surface area contributed by atoms with Gasteiger partial charge in [0.25, 0.3) is 0 Å². The highest BCUT2D eigenvalue weighted by Gasteiger charge is 1.89. The van der Waals surface area contributed by atoms with Crippen molar-refractivity contribution in [3.05, 3.63) is 0 Å². The Morgan fingerprint density at radius 2 is 1.00 bits per heavy atom. The predicted octanol–water partition coefficient (Wildman–Crippen LogP) is -0.894. The Morgan fingerprint density at radius 3 is 1.08 bits per heavy atom. The fourth-order valence-electron chi connectivity index (χ4n) is 0.400. The molecule has 74 valence electrons. The Hall–Kier alpha value is -0.460. The molecule has 5 nitrogen and oxygen atoms in total. The van der Waals surface area contributed by atoms with Crippen molar-refractivity contribution in [1.82, 2.24) is 9.80 Å². The van der Waals surface area contributed by atoms with Gasteiger partial charge in [0.2, 0.25) is 0 Å². The first-order valence-electron chi connectivity index (χ1n) is 3.42. The van der Waals surface area contributed by atoms with Crippen molar-refractivity contribution in [2.45, 2.75) is 0 Å². The zero-order chi connectivity index (χ0) is 10.1. The van der Waals surface area contributed by atoms with E-state index in [0.29, 0.717) is 0 Å². The fraction of sp³-hybridized carbons (Fsp3) is 1.00. The summed E-state index contributed by atoms with van der Waals surface area (Å²) in [5.41, 5.74) is 0. The SMILES string of the molecule is CN(C)CCN(C)C.O=S(=O)=O. The zero-order valence-corrected chi connectivity index (χ0v) is 8.76. The topological polar surface area (TPSA) is 57.7 Å². The summed E-state index contributed by atoms with van der Waals surface area (Å²) in [6.07, 6.45) is 0. The smallest absolute Gasteiger partial charge is 0.308 e.